The van der Waals surface area contributed by atoms with Crippen LogP contribution in [0.25, 0.3) is 0 Å². The minimum absolute atomic E-state index is 0.442. The van der Waals surface area contributed by atoms with Gasteiger partial charge in [0, 0.05) is 7.11 Å². The van der Waals surface area contributed by atoms with Gasteiger partial charge in [0.1, 0.15) is 0 Å². The maximum absolute atomic E-state index is 6.46. The van der Waals surface area contributed by atoms with Gasteiger partial charge in [-0.15, -0.1) is 0 Å². The molecule has 0 bridgehead atoms. The van der Waals surface area contributed by atoms with E-state index in [0.29, 0.717) is 5.41 Å². The Morgan fingerprint density at radius 2 is 0.861 bits per heavy atom. The zero-order chi connectivity index (χ0) is 27.3. The van der Waals surface area contributed by atoms with Gasteiger partial charge in [-0.2, -0.15) is 0 Å². The lowest BCUT2D eigenvalue weighted by atomic mass is 9.76. The molecule has 0 aromatic rings. The zero-order valence-electron chi connectivity index (χ0n) is 26.6. The molecule has 218 valence electrons. The highest BCUT2D eigenvalue weighted by atomic mass is 28.4. The Morgan fingerprint density at radius 1 is 0.528 bits per heavy atom. The van der Waals surface area contributed by atoms with Crippen LogP contribution in [0.1, 0.15) is 113 Å². The van der Waals surface area contributed by atoms with Crippen LogP contribution < -0.4 is 0 Å². The predicted octanol–water partition coefficient (Wildman–Crippen LogP) is 8.14. The van der Waals surface area contributed by atoms with Crippen molar-refractivity contribution >= 4 is 8.32 Å². The van der Waals surface area contributed by atoms with Gasteiger partial charge in [-0.25, -0.2) is 0 Å². The molecule has 0 aromatic carbocycles. The molecule has 0 fully saturated rings. The van der Waals surface area contributed by atoms with E-state index in [2.05, 4.69) is 70.1 Å². The molecule has 0 spiro atoms. The van der Waals surface area contributed by atoms with Crippen molar-refractivity contribution in [3.05, 3.63) is 0 Å². The van der Waals surface area contributed by atoms with Gasteiger partial charge in [0.25, 0.3) is 0 Å². The van der Waals surface area contributed by atoms with Gasteiger partial charge >= 0.3 is 0 Å². The predicted molar refractivity (Wildman–Crippen MR) is 166 cm³/mol. The molecule has 0 heterocycles. The second-order valence-corrected chi connectivity index (χ2v) is 15.9. The minimum Gasteiger partial charge on any atom is -0.420 e. The van der Waals surface area contributed by atoms with Crippen LogP contribution in [-0.4, -0.2) is 89.0 Å². The Bertz CT molecular complexity index is 428. The topological polar surface area (TPSA) is 19.0 Å². The maximum atomic E-state index is 6.46. The molecule has 0 saturated heterocycles. The average molecular weight is 528 g/mol. The first-order chi connectivity index (χ1) is 17.4. The van der Waals surface area contributed by atoms with E-state index >= 15 is 0 Å². The van der Waals surface area contributed by atoms with Crippen LogP contribution in [0.4, 0.5) is 0 Å². The van der Waals surface area contributed by atoms with Crippen molar-refractivity contribution in [1.82, 2.24) is 14.7 Å². The van der Waals surface area contributed by atoms with Crippen molar-refractivity contribution in [2.24, 2.45) is 5.41 Å². The van der Waals surface area contributed by atoms with Gasteiger partial charge in [-0.1, -0.05) is 55.4 Å². The molecule has 0 amide bonds. The Hall–Kier alpha value is 0.0569. The van der Waals surface area contributed by atoms with Crippen molar-refractivity contribution in [2.75, 3.05) is 66.0 Å². The molecule has 0 N–H and O–H groups in total. The molecule has 0 aliphatic carbocycles. The van der Waals surface area contributed by atoms with Crippen LogP contribution in [0, 0.1) is 5.41 Å². The molecule has 0 aromatic heterocycles. The van der Waals surface area contributed by atoms with Gasteiger partial charge in [0.05, 0.1) is 0 Å². The van der Waals surface area contributed by atoms with E-state index in [-0.39, 0.29) is 0 Å². The molecule has 0 saturated carbocycles. The summed E-state index contributed by atoms with van der Waals surface area (Å²) in [5.41, 5.74) is 0.442. The summed E-state index contributed by atoms with van der Waals surface area (Å²) in [6.45, 7) is 29.9. The number of hydrogen-bond acceptors (Lipinski definition) is 4. The molecule has 0 atom stereocenters. The van der Waals surface area contributed by atoms with E-state index in [1.54, 1.807) is 0 Å². The van der Waals surface area contributed by atoms with Gasteiger partial charge in [-0.05, 0) is 140 Å². The molecule has 5 heteroatoms. The molecular formula is C31H69N3OSi. The summed E-state index contributed by atoms with van der Waals surface area (Å²) in [4.78, 5) is 8.02. The molecule has 0 aliphatic heterocycles. The first-order valence-electron chi connectivity index (χ1n) is 16.1. The van der Waals surface area contributed by atoms with Gasteiger partial charge in [-0.3, -0.25) is 0 Å². The van der Waals surface area contributed by atoms with Gasteiger partial charge in [0.15, 0.2) is 8.32 Å². The maximum Gasteiger partial charge on any atom is 0.192 e. The SMILES string of the molecule is CCCN(CC)CCCC(CCCN(CC)CCC)(CCCN(CC)CCC)C[Si](CC)(CC)OC. The highest BCUT2D eigenvalue weighted by Gasteiger charge is 2.41. The van der Waals surface area contributed by atoms with Crippen LogP contribution in [0.5, 0.6) is 0 Å². The second kappa shape index (κ2) is 21.9. The normalized spacial score (nSPS) is 13.0. The van der Waals surface area contributed by atoms with Crippen LogP contribution in [0.15, 0.2) is 0 Å². The zero-order valence-corrected chi connectivity index (χ0v) is 27.6. The fraction of sp³-hybridized carbons (Fsp3) is 1.00. The standard InChI is InChI=1S/C31H69N3OSi/c1-10-24-32(13-4)27-18-21-31(30-36(16-7,17-8)35-9,22-19-28-33(14-5)25-11-2)23-20-29-34(15-6)26-12-3/h10-30H2,1-9H3. The molecule has 0 unspecified atom stereocenters. The Labute approximate surface area is 230 Å². The van der Waals surface area contributed by atoms with Crippen molar-refractivity contribution in [1.29, 1.82) is 0 Å². The summed E-state index contributed by atoms with van der Waals surface area (Å²) in [5, 5.41) is 0. The van der Waals surface area contributed by atoms with Crippen LogP contribution in [0.2, 0.25) is 18.1 Å². The highest BCUT2D eigenvalue weighted by molar-refractivity contribution is 6.73. The minimum atomic E-state index is -1.70. The summed E-state index contributed by atoms with van der Waals surface area (Å²) < 4.78 is 6.46. The monoisotopic (exact) mass is 528 g/mol. The van der Waals surface area contributed by atoms with E-state index in [4.69, 9.17) is 4.43 Å². The lowest BCUT2D eigenvalue weighted by Gasteiger charge is -2.42. The fourth-order valence-electron chi connectivity index (χ4n) is 6.45. The second-order valence-electron chi connectivity index (χ2n) is 11.4. The number of nitrogens with zero attached hydrogens (tertiary/aromatic N) is 3. The average Bonchev–Trinajstić information content (AvgIpc) is 2.90. The highest BCUT2D eigenvalue weighted by Crippen LogP contribution is 2.45. The van der Waals surface area contributed by atoms with Crippen molar-refractivity contribution in [3.8, 4) is 0 Å². The Morgan fingerprint density at radius 3 is 1.08 bits per heavy atom. The molecule has 4 nitrogen and oxygen atoms in total. The van der Waals surface area contributed by atoms with Crippen LogP contribution >= 0.6 is 0 Å². The summed E-state index contributed by atoms with van der Waals surface area (Å²) in [6.07, 6.45) is 12.0. The summed E-state index contributed by atoms with van der Waals surface area (Å²) in [6, 6.07) is 3.88. The first kappa shape index (κ1) is 36.1. The summed E-state index contributed by atoms with van der Waals surface area (Å²) in [5.74, 6) is 0. The lowest BCUT2D eigenvalue weighted by molar-refractivity contribution is 0.170. The fourth-order valence-corrected chi connectivity index (χ4v) is 10.1. The lowest BCUT2D eigenvalue weighted by Crippen LogP contribution is -2.43. The third kappa shape index (κ3) is 14.3. The van der Waals surface area contributed by atoms with Crippen LogP contribution in [0.3, 0.4) is 0 Å². The van der Waals surface area contributed by atoms with E-state index in [9.17, 15) is 0 Å². The van der Waals surface area contributed by atoms with Crippen molar-refractivity contribution in [3.63, 3.8) is 0 Å². The van der Waals surface area contributed by atoms with Crippen molar-refractivity contribution in [2.45, 2.75) is 131 Å². The Balaban J connectivity index is 5.78. The van der Waals surface area contributed by atoms with E-state index in [0.717, 1.165) is 0 Å². The first-order valence-corrected chi connectivity index (χ1v) is 18.6. The third-order valence-electron chi connectivity index (χ3n) is 8.92. The third-order valence-corrected chi connectivity index (χ3v) is 13.8. The van der Waals surface area contributed by atoms with Crippen LogP contribution in [-0.2, 0) is 4.43 Å². The largest absolute Gasteiger partial charge is 0.420 e. The van der Waals surface area contributed by atoms with E-state index in [1.807, 2.05) is 7.11 Å². The number of hydrogen-bond donors (Lipinski definition) is 0. The molecule has 36 heavy (non-hydrogen) atoms. The van der Waals surface area contributed by atoms with Gasteiger partial charge < -0.3 is 19.1 Å². The van der Waals surface area contributed by atoms with Crippen molar-refractivity contribution < 1.29 is 4.43 Å². The van der Waals surface area contributed by atoms with Gasteiger partial charge in [0.2, 0.25) is 0 Å². The van der Waals surface area contributed by atoms with E-state index in [1.165, 1.54) is 135 Å². The molecular weight excluding hydrogens is 458 g/mol. The quantitative estimate of drug-likeness (QED) is 0.106. The summed E-state index contributed by atoms with van der Waals surface area (Å²) >= 11 is 0. The number of rotatable bonds is 26. The van der Waals surface area contributed by atoms with E-state index < -0.39 is 8.32 Å². The smallest absolute Gasteiger partial charge is 0.192 e. The molecule has 0 radical (unpaired) electrons. The molecule has 0 rings (SSSR count). The molecule has 0 aliphatic rings. The Kier molecular flexibility index (Phi) is 22.0. The summed E-state index contributed by atoms with van der Waals surface area (Å²) in [7, 11) is 0.336.